The molecular formula is C17H37N3. The van der Waals surface area contributed by atoms with Crippen molar-refractivity contribution in [2.45, 2.75) is 54.4 Å². The molecule has 20 heavy (non-hydrogen) atoms. The van der Waals surface area contributed by atoms with Gasteiger partial charge >= 0.3 is 0 Å². The molecule has 1 saturated heterocycles. The van der Waals surface area contributed by atoms with E-state index in [1.807, 2.05) is 12.4 Å². The van der Waals surface area contributed by atoms with Crippen molar-refractivity contribution in [1.82, 2.24) is 15.5 Å². The molecule has 0 bridgehead atoms. The van der Waals surface area contributed by atoms with Crippen LogP contribution in [0.4, 0.5) is 0 Å². The van der Waals surface area contributed by atoms with Gasteiger partial charge in [0, 0.05) is 38.6 Å². The van der Waals surface area contributed by atoms with Gasteiger partial charge in [-0.1, -0.05) is 27.4 Å². The Morgan fingerprint density at radius 2 is 1.50 bits per heavy atom. The molecule has 1 aliphatic rings. The van der Waals surface area contributed by atoms with Crippen LogP contribution in [-0.4, -0.2) is 31.1 Å². The Balaban J connectivity index is 0. The molecular weight excluding hydrogens is 246 g/mol. The van der Waals surface area contributed by atoms with Crippen molar-refractivity contribution in [1.29, 1.82) is 0 Å². The van der Waals surface area contributed by atoms with Crippen molar-refractivity contribution in [3.05, 3.63) is 24.7 Å². The Bertz CT molecular complexity index is 228. The Morgan fingerprint density at radius 3 is 2.00 bits per heavy atom. The first-order valence-electron chi connectivity index (χ1n) is 7.74. The second-order valence-electron chi connectivity index (χ2n) is 5.13. The summed E-state index contributed by atoms with van der Waals surface area (Å²) in [5.41, 5.74) is 0. The highest BCUT2D eigenvalue weighted by Gasteiger charge is 2.04. The van der Waals surface area contributed by atoms with E-state index in [-0.39, 0.29) is 7.43 Å². The highest BCUT2D eigenvalue weighted by Crippen LogP contribution is 2.07. The molecule has 0 unspecified atom stereocenters. The molecule has 0 aliphatic carbocycles. The summed E-state index contributed by atoms with van der Waals surface area (Å²) < 4.78 is 0. The van der Waals surface area contributed by atoms with E-state index in [0.29, 0.717) is 5.92 Å². The van der Waals surface area contributed by atoms with Gasteiger partial charge in [0.05, 0.1) is 0 Å². The first-order valence-corrected chi connectivity index (χ1v) is 7.74. The minimum atomic E-state index is 0. The fourth-order valence-electron chi connectivity index (χ4n) is 1.72. The third-order valence-electron chi connectivity index (χ3n) is 2.80. The van der Waals surface area contributed by atoms with E-state index >= 15 is 0 Å². The van der Waals surface area contributed by atoms with Crippen molar-refractivity contribution in [3.8, 4) is 0 Å². The molecule has 120 valence electrons. The molecule has 1 aliphatic heterocycles. The SMILES string of the molecule is C.CCNC=CC(C)C.CCNC=CN1CCCCC1. The van der Waals surface area contributed by atoms with E-state index < -0.39 is 0 Å². The topological polar surface area (TPSA) is 27.3 Å². The van der Waals surface area contributed by atoms with Crippen molar-refractivity contribution >= 4 is 0 Å². The van der Waals surface area contributed by atoms with Crippen LogP contribution in [0.2, 0.25) is 0 Å². The molecule has 0 amide bonds. The van der Waals surface area contributed by atoms with Gasteiger partial charge < -0.3 is 15.5 Å². The van der Waals surface area contributed by atoms with Gasteiger partial charge in [0.15, 0.2) is 0 Å². The van der Waals surface area contributed by atoms with E-state index in [2.05, 4.69) is 55.5 Å². The smallest absolute Gasteiger partial charge is 0.0173 e. The summed E-state index contributed by atoms with van der Waals surface area (Å²) in [4.78, 5) is 2.38. The summed E-state index contributed by atoms with van der Waals surface area (Å²) in [7, 11) is 0. The number of hydrogen-bond acceptors (Lipinski definition) is 3. The van der Waals surface area contributed by atoms with E-state index in [1.165, 1.54) is 32.4 Å². The maximum atomic E-state index is 3.17. The van der Waals surface area contributed by atoms with Crippen LogP contribution in [-0.2, 0) is 0 Å². The van der Waals surface area contributed by atoms with Gasteiger partial charge in [-0.2, -0.15) is 0 Å². The zero-order valence-corrected chi connectivity index (χ0v) is 13.3. The standard InChI is InChI=1S/C9H18N2.C7H15N.CH4/c1-2-10-6-9-11-7-4-3-5-8-11;1-4-8-6-5-7(2)3;/h6,9-10H,2-5,7-8H2,1H3;5-8H,4H2,1-3H3;1H4. The van der Waals surface area contributed by atoms with Gasteiger partial charge in [-0.15, -0.1) is 0 Å². The van der Waals surface area contributed by atoms with Crippen LogP contribution in [0, 0.1) is 5.92 Å². The predicted octanol–water partition coefficient (Wildman–Crippen LogP) is 3.95. The van der Waals surface area contributed by atoms with Crippen molar-refractivity contribution < 1.29 is 0 Å². The maximum Gasteiger partial charge on any atom is 0.0173 e. The molecule has 2 N–H and O–H groups in total. The van der Waals surface area contributed by atoms with Gasteiger partial charge in [0.2, 0.25) is 0 Å². The molecule has 0 aromatic rings. The molecule has 3 heteroatoms. The van der Waals surface area contributed by atoms with Gasteiger partial charge in [-0.05, 0) is 45.2 Å². The lowest BCUT2D eigenvalue weighted by atomic mass is 10.1. The van der Waals surface area contributed by atoms with Crippen LogP contribution in [0.3, 0.4) is 0 Å². The molecule has 1 heterocycles. The zero-order chi connectivity index (χ0) is 14.3. The van der Waals surface area contributed by atoms with E-state index in [4.69, 9.17) is 0 Å². The van der Waals surface area contributed by atoms with Gasteiger partial charge in [0.25, 0.3) is 0 Å². The molecule has 0 saturated carbocycles. The van der Waals surface area contributed by atoms with Crippen LogP contribution in [0.1, 0.15) is 54.4 Å². The molecule has 0 atom stereocenters. The quantitative estimate of drug-likeness (QED) is 0.773. The van der Waals surface area contributed by atoms with Crippen LogP contribution in [0.5, 0.6) is 0 Å². The number of rotatable bonds is 6. The molecule has 0 spiro atoms. The average molecular weight is 284 g/mol. The minimum absolute atomic E-state index is 0. The Morgan fingerprint density at radius 1 is 0.950 bits per heavy atom. The average Bonchev–Trinajstić information content (AvgIpc) is 2.41. The third-order valence-corrected chi connectivity index (χ3v) is 2.80. The number of nitrogens with one attached hydrogen (secondary N) is 2. The van der Waals surface area contributed by atoms with E-state index in [9.17, 15) is 0 Å². The number of hydrogen-bond donors (Lipinski definition) is 2. The largest absolute Gasteiger partial charge is 0.391 e. The van der Waals surface area contributed by atoms with Crippen LogP contribution < -0.4 is 10.6 Å². The molecule has 1 fully saturated rings. The van der Waals surface area contributed by atoms with Gasteiger partial charge in [-0.25, -0.2) is 0 Å². The van der Waals surface area contributed by atoms with Crippen molar-refractivity contribution in [2.75, 3.05) is 26.2 Å². The number of allylic oxidation sites excluding steroid dienone is 1. The molecule has 0 radical (unpaired) electrons. The van der Waals surface area contributed by atoms with Gasteiger partial charge in [-0.3, -0.25) is 0 Å². The van der Waals surface area contributed by atoms with Gasteiger partial charge in [0.1, 0.15) is 0 Å². The fourth-order valence-corrected chi connectivity index (χ4v) is 1.72. The number of piperidine rings is 1. The van der Waals surface area contributed by atoms with E-state index in [0.717, 1.165) is 13.1 Å². The van der Waals surface area contributed by atoms with Crippen LogP contribution in [0.25, 0.3) is 0 Å². The van der Waals surface area contributed by atoms with Crippen LogP contribution >= 0.6 is 0 Å². The first-order chi connectivity index (χ1) is 9.20. The summed E-state index contributed by atoms with van der Waals surface area (Å²) in [5.74, 6) is 0.661. The highest BCUT2D eigenvalue weighted by molar-refractivity contribution is 4.82. The Hall–Kier alpha value is -1.12. The lowest BCUT2D eigenvalue weighted by molar-refractivity contribution is 0.308. The predicted molar refractivity (Wildman–Crippen MR) is 92.6 cm³/mol. The van der Waals surface area contributed by atoms with Crippen molar-refractivity contribution in [2.24, 2.45) is 5.92 Å². The van der Waals surface area contributed by atoms with Crippen molar-refractivity contribution in [3.63, 3.8) is 0 Å². The second kappa shape index (κ2) is 15.9. The number of likely N-dealkylation sites (tertiary alicyclic amines) is 1. The summed E-state index contributed by atoms with van der Waals surface area (Å²) in [6.07, 6.45) is 12.5. The highest BCUT2D eigenvalue weighted by atomic mass is 15.1. The lowest BCUT2D eigenvalue weighted by Gasteiger charge is -2.24. The zero-order valence-electron chi connectivity index (χ0n) is 13.3. The molecule has 1 rings (SSSR count). The third kappa shape index (κ3) is 14.9. The Labute approximate surface area is 127 Å². The summed E-state index contributed by atoms with van der Waals surface area (Å²) in [6, 6.07) is 0. The first kappa shape index (κ1) is 21.2. The van der Waals surface area contributed by atoms with Crippen LogP contribution in [0.15, 0.2) is 24.7 Å². The minimum Gasteiger partial charge on any atom is -0.391 e. The fraction of sp³-hybridized carbons (Fsp3) is 0.765. The molecule has 0 aromatic heterocycles. The van der Waals surface area contributed by atoms with E-state index in [1.54, 1.807) is 0 Å². The normalized spacial score (nSPS) is 14.9. The monoisotopic (exact) mass is 283 g/mol. The molecule has 0 aromatic carbocycles. The lowest BCUT2D eigenvalue weighted by Crippen LogP contribution is -2.24. The summed E-state index contributed by atoms with van der Waals surface area (Å²) in [5, 5.41) is 6.27. The summed E-state index contributed by atoms with van der Waals surface area (Å²) in [6.45, 7) is 13.0. The Kier molecular flexibility index (Phi) is 16.9. The molecule has 3 nitrogen and oxygen atoms in total. The summed E-state index contributed by atoms with van der Waals surface area (Å²) >= 11 is 0. The number of nitrogens with zero attached hydrogens (tertiary/aromatic N) is 1. The maximum absolute atomic E-state index is 3.17. The second-order valence-corrected chi connectivity index (χ2v) is 5.13.